The van der Waals surface area contributed by atoms with Gasteiger partial charge in [0.05, 0.1) is 0 Å². The Bertz CT molecular complexity index is 602. The highest BCUT2D eigenvalue weighted by atomic mass is 19.2. The monoisotopic (exact) mass is 249 g/mol. The highest BCUT2D eigenvalue weighted by Crippen LogP contribution is 2.24. The first-order valence-electron chi connectivity index (χ1n) is 5.00. The van der Waals surface area contributed by atoms with Gasteiger partial charge in [-0.1, -0.05) is 0 Å². The van der Waals surface area contributed by atoms with E-state index in [-0.39, 0.29) is 23.0 Å². The van der Waals surface area contributed by atoms with Crippen LogP contribution in [0.1, 0.15) is 5.69 Å². The Morgan fingerprint density at radius 2 is 2.00 bits per heavy atom. The SMILES string of the molecule is N=C(N)c1ncccc1Oc1ccc(F)c(F)c1. The zero-order valence-corrected chi connectivity index (χ0v) is 9.15. The van der Waals surface area contributed by atoms with Gasteiger partial charge in [0.1, 0.15) is 17.3 Å². The number of nitrogens with one attached hydrogen (secondary N) is 1. The van der Waals surface area contributed by atoms with Crippen molar-refractivity contribution in [3.8, 4) is 11.5 Å². The number of hydrogen-bond donors (Lipinski definition) is 2. The lowest BCUT2D eigenvalue weighted by Crippen LogP contribution is -2.14. The fraction of sp³-hybridized carbons (Fsp3) is 0. The Balaban J connectivity index is 2.34. The number of pyridine rings is 1. The fourth-order valence-electron chi connectivity index (χ4n) is 1.34. The molecule has 18 heavy (non-hydrogen) atoms. The Labute approximate surface area is 102 Å². The van der Waals surface area contributed by atoms with Gasteiger partial charge < -0.3 is 10.5 Å². The van der Waals surface area contributed by atoms with Gasteiger partial charge in [0, 0.05) is 12.3 Å². The van der Waals surface area contributed by atoms with E-state index in [2.05, 4.69) is 4.98 Å². The number of nitrogens with two attached hydrogens (primary N) is 1. The largest absolute Gasteiger partial charge is 0.455 e. The van der Waals surface area contributed by atoms with Crippen LogP contribution in [-0.2, 0) is 0 Å². The molecule has 1 heterocycles. The number of benzene rings is 1. The maximum Gasteiger partial charge on any atom is 0.162 e. The van der Waals surface area contributed by atoms with Crippen LogP contribution in [0.15, 0.2) is 36.5 Å². The number of rotatable bonds is 3. The molecule has 0 amide bonds. The highest BCUT2D eigenvalue weighted by molar-refractivity contribution is 5.95. The van der Waals surface area contributed by atoms with E-state index in [1.165, 1.54) is 18.3 Å². The van der Waals surface area contributed by atoms with Crippen LogP contribution < -0.4 is 10.5 Å². The molecular weight excluding hydrogens is 240 g/mol. The minimum Gasteiger partial charge on any atom is -0.455 e. The van der Waals surface area contributed by atoms with Gasteiger partial charge >= 0.3 is 0 Å². The number of ether oxygens (including phenoxy) is 1. The standard InChI is InChI=1S/C12H9F2N3O/c13-8-4-3-7(6-9(8)14)18-10-2-1-5-17-11(10)12(15)16/h1-6H,(H3,15,16). The number of nitrogen functional groups attached to an aromatic ring is 1. The summed E-state index contributed by atoms with van der Waals surface area (Å²) in [5.74, 6) is -1.94. The molecule has 6 heteroatoms. The van der Waals surface area contributed by atoms with Crippen LogP contribution in [0.2, 0.25) is 0 Å². The molecule has 0 saturated carbocycles. The molecule has 0 spiro atoms. The number of hydrogen-bond acceptors (Lipinski definition) is 3. The molecule has 0 aliphatic rings. The molecule has 0 aliphatic carbocycles. The fourth-order valence-corrected chi connectivity index (χ4v) is 1.34. The van der Waals surface area contributed by atoms with Crippen LogP contribution in [0.5, 0.6) is 11.5 Å². The summed E-state index contributed by atoms with van der Waals surface area (Å²) in [7, 11) is 0. The summed E-state index contributed by atoms with van der Waals surface area (Å²) < 4.78 is 31.1. The first-order valence-corrected chi connectivity index (χ1v) is 5.00. The molecule has 92 valence electrons. The normalized spacial score (nSPS) is 10.1. The van der Waals surface area contributed by atoms with Crippen molar-refractivity contribution < 1.29 is 13.5 Å². The van der Waals surface area contributed by atoms with Crippen LogP contribution >= 0.6 is 0 Å². The zero-order chi connectivity index (χ0) is 13.1. The number of aromatic nitrogens is 1. The summed E-state index contributed by atoms with van der Waals surface area (Å²) in [6.45, 7) is 0. The molecular formula is C12H9F2N3O. The Kier molecular flexibility index (Phi) is 3.18. The maximum absolute atomic E-state index is 13.0. The molecule has 3 N–H and O–H groups in total. The Morgan fingerprint density at radius 1 is 1.22 bits per heavy atom. The number of amidine groups is 1. The minimum absolute atomic E-state index is 0.101. The summed E-state index contributed by atoms with van der Waals surface area (Å²) in [6, 6.07) is 6.25. The molecule has 0 saturated heterocycles. The lowest BCUT2D eigenvalue weighted by Gasteiger charge is -2.09. The van der Waals surface area contributed by atoms with Gasteiger partial charge in [0.15, 0.2) is 17.4 Å². The van der Waals surface area contributed by atoms with E-state index in [9.17, 15) is 8.78 Å². The van der Waals surface area contributed by atoms with E-state index >= 15 is 0 Å². The first kappa shape index (κ1) is 12.0. The third-order valence-corrected chi connectivity index (χ3v) is 2.14. The Hall–Kier alpha value is -2.50. The van der Waals surface area contributed by atoms with Gasteiger partial charge in [-0.15, -0.1) is 0 Å². The highest BCUT2D eigenvalue weighted by Gasteiger charge is 2.10. The van der Waals surface area contributed by atoms with E-state index in [1.54, 1.807) is 6.07 Å². The average Bonchev–Trinajstić information content (AvgIpc) is 2.34. The van der Waals surface area contributed by atoms with E-state index in [0.717, 1.165) is 12.1 Å². The summed E-state index contributed by atoms with van der Waals surface area (Å²) in [5.41, 5.74) is 5.47. The maximum atomic E-state index is 13.0. The second-order valence-corrected chi connectivity index (χ2v) is 3.44. The summed E-state index contributed by atoms with van der Waals surface area (Å²) in [5, 5.41) is 7.32. The summed E-state index contributed by atoms with van der Waals surface area (Å²) in [6.07, 6.45) is 1.45. The van der Waals surface area contributed by atoms with Crippen molar-refractivity contribution in [3.63, 3.8) is 0 Å². The van der Waals surface area contributed by atoms with Gasteiger partial charge in [-0.25, -0.2) is 13.8 Å². The molecule has 0 radical (unpaired) electrons. The molecule has 1 aromatic heterocycles. The summed E-state index contributed by atoms with van der Waals surface area (Å²) >= 11 is 0. The van der Waals surface area contributed by atoms with Crippen molar-refractivity contribution in [2.45, 2.75) is 0 Å². The Morgan fingerprint density at radius 3 is 2.67 bits per heavy atom. The smallest absolute Gasteiger partial charge is 0.162 e. The van der Waals surface area contributed by atoms with E-state index in [1.807, 2.05) is 0 Å². The molecule has 0 aliphatic heterocycles. The third-order valence-electron chi connectivity index (χ3n) is 2.14. The number of nitrogens with zero attached hydrogens (tertiary/aromatic N) is 1. The second kappa shape index (κ2) is 4.79. The van der Waals surface area contributed by atoms with Gasteiger partial charge in [-0.3, -0.25) is 5.41 Å². The second-order valence-electron chi connectivity index (χ2n) is 3.44. The summed E-state index contributed by atoms with van der Waals surface area (Å²) in [4.78, 5) is 3.87. The van der Waals surface area contributed by atoms with Gasteiger partial charge in [-0.2, -0.15) is 0 Å². The lowest BCUT2D eigenvalue weighted by atomic mass is 10.3. The van der Waals surface area contributed by atoms with Crippen LogP contribution in [0, 0.1) is 17.0 Å². The molecule has 2 rings (SSSR count). The van der Waals surface area contributed by atoms with Gasteiger partial charge in [0.25, 0.3) is 0 Å². The van der Waals surface area contributed by atoms with Gasteiger partial charge in [0.2, 0.25) is 0 Å². The molecule has 0 unspecified atom stereocenters. The van der Waals surface area contributed by atoms with Crippen LogP contribution in [-0.4, -0.2) is 10.8 Å². The van der Waals surface area contributed by atoms with E-state index in [0.29, 0.717) is 0 Å². The minimum atomic E-state index is -1.01. The van der Waals surface area contributed by atoms with Crippen LogP contribution in [0.4, 0.5) is 8.78 Å². The van der Waals surface area contributed by atoms with Gasteiger partial charge in [-0.05, 0) is 24.3 Å². The quantitative estimate of drug-likeness (QED) is 0.648. The van der Waals surface area contributed by atoms with Crippen molar-refractivity contribution >= 4 is 5.84 Å². The third kappa shape index (κ3) is 2.42. The van der Waals surface area contributed by atoms with Crippen molar-refractivity contribution in [1.82, 2.24) is 4.98 Å². The molecule has 4 nitrogen and oxygen atoms in total. The van der Waals surface area contributed by atoms with Crippen molar-refractivity contribution in [3.05, 3.63) is 53.9 Å². The van der Waals surface area contributed by atoms with Crippen LogP contribution in [0.3, 0.4) is 0 Å². The van der Waals surface area contributed by atoms with E-state index < -0.39 is 11.6 Å². The first-order chi connectivity index (χ1) is 8.58. The van der Waals surface area contributed by atoms with Crippen molar-refractivity contribution in [2.75, 3.05) is 0 Å². The predicted molar refractivity (Wildman–Crippen MR) is 61.7 cm³/mol. The van der Waals surface area contributed by atoms with Crippen molar-refractivity contribution in [2.24, 2.45) is 5.73 Å². The van der Waals surface area contributed by atoms with Crippen LogP contribution in [0.25, 0.3) is 0 Å². The molecule has 1 aromatic carbocycles. The van der Waals surface area contributed by atoms with E-state index in [4.69, 9.17) is 15.9 Å². The molecule has 2 aromatic rings. The lowest BCUT2D eigenvalue weighted by molar-refractivity contribution is 0.459. The average molecular weight is 249 g/mol. The molecule has 0 bridgehead atoms. The zero-order valence-electron chi connectivity index (χ0n) is 9.15. The molecule has 0 atom stereocenters. The topological polar surface area (TPSA) is 72.0 Å². The van der Waals surface area contributed by atoms with Crippen molar-refractivity contribution in [1.29, 1.82) is 5.41 Å². The number of halogens is 2. The predicted octanol–water partition coefficient (Wildman–Crippen LogP) is 2.44. The molecule has 0 fully saturated rings.